The predicted octanol–water partition coefficient (Wildman–Crippen LogP) is 6.21. The van der Waals surface area contributed by atoms with Crippen molar-refractivity contribution < 1.29 is 18.0 Å². The third-order valence-electron chi connectivity index (χ3n) is 7.50. The summed E-state index contributed by atoms with van der Waals surface area (Å²) < 4.78 is 38.3. The lowest BCUT2D eigenvalue weighted by molar-refractivity contribution is -0.137. The van der Waals surface area contributed by atoms with Gasteiger partial charge in [-0.05, 0) is 64.7 Å². The molecule has 1 N–H and O–H groups in total. The van der Waals surface area contributed by atoms with Crippen molar-refractivity contribution in [2.24, 2.45) is 0 Å². The van der Waals surface area contributed by atoms with Crippen LogP contribution < -0.4 is 10.2 Å². The van der Waals surface area contributed by atoms with Crippen molar-refractivity contribution in [2.45, 2.75) is 19.1 Å². The van der Waals surface area contributed by atoms with Crippen molar-refractivity contribution in [1.82, 2.24) is 19.9 Å². The number of piperazine rings is 1. The van der Waals surface area contributed by atoms with Gasteiger partial charge in [-0.3, -0.25) is 19.7 Å². The number of carbonyl (C=O) groups is 1. The Labute approximate surface area is 247 Å². The number of carbonyl (C=O) groups excluding carboxylic acids is 1. The number of hydrogen-bond donors (Lipinski definition) is 1. The molecule has 6 rings (SSSR count). The molecule has 0 aliphatic carbocycles. The van der Waals surface area contributed by atoms with Gasteiger partial charge in [0.15, 0.2) is 0 Å². The van der Waals surface area contributed by atoms with Gasteiger partial charge in [-0.15, -0.1) is 0 Å². The van der Waals surface area contributed by atoms with Crippen LogP contribution in [0, 0.1) is 0 Å². The van der Waals surface area contributed by atoms with E-state index in [1.807, 2.05) is 48.8 Å². The summed E-state index contributed by atoms with van der Waals surface area (Å²) in [5.41, 5.74) is 5.14. The van der Waals surface area contributed by atoms with Crippen molar-refractivity contribution >= 4 is 28.4 Å². The summed E-state index contributed by atoms with van der Waals surface area (Å²) in [6.07, 6.45) is 1.11. The third kappa shape index (κ3) is 6.98. The Balaban J connectivity index is 1.08. The minimum atomic E-state index is -4.40. The molecule has 1 saturated heterocycles. The Kier molecular flexibility index (Phi) is 8.02. The van der Waals surface area contributed by atoms with Crippen LogP contribution in [0.25, 0.3) is 22.2 Å². The van der Waals surface area contributed by atoms with Crippen LogP contribution >= 0.6 is 0 Å². The molecule has 0 radical (unpaired) electrons. The zero-order valence-corrected chi connectivity index (χ0v) is 23.3. The maximum Gasteiger partial charge on any atom is 0.416 e. The highest BCUT2D eigenvalue weighted by Crippen LogP contribution is 2.29. The first kappa shape index (κ1) is 28.3. The zero-order chi connectivity index (χ0) is 29.8. The molecule has 1 aliphatic rings. The molecule has 7 nitrogen and oxygen atoms in total. The lowest BCUT2D eigenvalue weighted by Gasteiger charge is -2.35. The quantitative estimate of drug-likeness (QED) is 0.246. The summed E-state index contributed by atoms with van der Waals surface area (Å²) >= 11 is 0. The maximum atomic E-state index is 12.8. The molecule has 5 aromatic rings. The molecular weight excluding hydrogens is 553 g/mol. The molecule has 0 bridgehead atoms. The second kappa shape index (κ2) is 12.2. The zero-order valence-electron chi connectivity index (χ0n) is 23.3. The normalized spacial score (nSPS) is 14.2. The van der Waals surface area contributed by atoms with Crippen LogP contribution in [0.1, 0.15) is 16.7 Å². The first-order chi connectivity index (χ1) is 20.8. The highest BCUT2D eigenvalue weighted by molar-refractivity contribution is 5.92. The molecular formula is C33H29F3N6O. The van der Waals surface area contributed by atoms with E-state index >= 15 is 0 Å². The first-order valence-corrected chi connectivity index (χ1v) is 14.0. The predicted molar refractivity (Wildman–Crippen MR) is 160 cm³/mol. The van der Waals surface area contributed by atoms with Crippen LogP contribution in [-0.2, 0) is 23.9 Å². The van der Waals surface area contributed by atoms with Gasteiger partial charge in [-0.25, -0.2) is 4.98 Å². The summed E-state index contributed by atoms with van der Waals surface area (Å²) in [7, 11) is 0. The Hall–Kier alpha value is -4.83. The number of alkyl halides is 3. The van der Waals surface area contributed by atoms with E-state index in [0.717, 1.165) is 72.8 Å². The smallest absolute Gasteiger partial charge is 0.353 e. The van der Waals surface area contributed by atoms with Gasteiger partial charge in [0.25, 0.3) is 0 Å². The van der Waals surface area contributed by atoms with Crippen molar-refractivity contribution in [1.29, 1.82) is 0 Å². The summed E-state index contributed by atoms with van der Waals surface area (Å²) in [6, 6.07) is 22.1. The maximum absolute atomic E-state index is 12.8. The van der Waals surface area contributed by atoms with Crippen LogP contribution in [0.15, 0.2) is 97.5 Å². The van der Waals surface area contributed by atoms with Crippen molar-refractivity contribution in [3.8, 4) is 11.1 Å². The van der Waals surface area contributed by atoms with Crippen LogP contribution in [-0.4, -0.2) is 51.9 Å². The van der Waals surface area contributed by atoms with E-state index < -0.39 is 11.7 Å². The standard InChI is InChI=1S/C33H29F3N6O/c34-33(35,36)27-8-3-23(4-9-27)18-32(43)39-28-10-5-25(6-11-28)26-7-12-29-30(19-26)40-31(21-38-29)42-16-14-41(15-17-42)22-24-2-1-13-37-20-24/h1-13,19-21H,14-18,22H2,(H,39,43). The van der Waals surface area contributed by atoms with Gasteiger partial charge in [-0.1, -0.05) is 36.4 Å². The van der Waals surface area contributed by atoms with Gasteiger partial charge in [0.05, 0.1) is 29.2 Å². The number of anilines is 2. The summed E-state index contributed by atoms with van der Waals surface area (Å²) in [5.74, 6) is 0.552. The van der Waals surface area contributed by atoms with Gasteiger partial charge in [-0.2, -0.15) is 13.2 Å². The molecule has 43 heavy (non-hydrogen) atoms. The summed E-state index contributed by atoms with van der Waals surface area (Å²) in [6.45, 7) is 4.48. The molecule has 0 saturated carbocycles. The van der Waals surface area contributed by atoms with Crippen LogP contribution in [0.4, 0.5) is 24.7 Å². The fourth-order valence-electron chi connectivity index (χ4n) is 5.17. The van der Waals surface area contributed by atoms with Crippen LogP contribution in [0.5, 0.6) is 0 Å². The fourth-order valence-corrected chi connectivity index (χ4v) is 5.17. The third-order valence-corrected chi connectivity index (χ3v) is 7.50. The number of fused-ring (bicyclic) bond motifs is 1. The van der Waals surface area contributed by atoms with Crippen molar-refractivity contribution in [3.05, 3.63) is 114 Å². The second-order valence-electron chi connectivity index (χ2n) is 10.6. The number of aromatic nitrogens is 3. The molecule has 0 atom stereocenters. The largest absolute Gasteiger partial charge is 0.416 e. The van der Waals surface area contributed by atoms with Crippen molar-refractivity contribution in [2.75, 3.05) is 36.4 Å². The average molecular weight is 583 g/mol. The summed E-state index contributed by atoms with van der Waals surface area (Å²) in [5, 5.41) is 2.81. The molecule has 3 aromatic carbocycles. The monoisotopic (exact) mass is 582 g/mol. The molecule has 3 heterocycles. The minimum Gasteiger partial charge on any atom is -0.353 e. The molecule has 0 spiro atoms. The summed E-state index contributed by atoms with van der Waals surface area (Å²) in [4.78, 5) is 30.9. The fraction of sp³-hybridized carbons (Fsp3) is 0.212. The topological polar surface area (TPSA) is 74.2 Å². The van der Waals surface area contributed by atoms with E-state index in [9.17, 15) is 18.0 Å². The molecule has 218 valence electrons. The Bertz CT molecular complexity index is 1700. The number of hydrogen-bond acceptors (Lipinski definition) is 6. The highest BCUT2D eigenvalue weighted by atomic mass is 19.4. The Morgan fingerprint density at radius 1 is 0.814 bits per heavy atom. The Morgan fingerprint density at radius 2 is 1.56 bits per heavy atom. The van der Waals surface area contributed by atoms with Gasteiger partial charge < -0.3 is 10.2 Å². The number of nitrogens with zero attached hydrogens (tertiary/aromatic N) is 5. The number of amides is 1. The number of rotatable bonds is 7. The van der Waals surface area contributed by atoms with E-state index in [1.54, 1.807) is 18.3 Å². The average Bonchev–Trinajstić information content (AvgIpc) is 3.01. The lowest BCUT2D eigenvalue weighted by atomic mass is 10.0. The number of benzene rings is 3. The Morgan fingerprint density at radius 3 is 2.26 bits per heavy atom. The van der Waals surface area contributed by atoms with E-state index in [2.05, 4.69) is 31.2 Å². The number of pyridine rings is 1. The van der Waals surface area contributed by atoms with Crippen LogP contribution in [0.2, 0.25) is 0 Å². The number of nitrogens with one attached hydrogen (secondary N) is 1. The highest BCUT2D eigenvalue weighted by Gasteiger charge is 2.30. The molecule has 1 fully saturated rings. The van der Waals surface area contributed by atoms with Gasteiger partial charge in [0.2, 0.25) is 5.91 Å². The van der Waals surface area contributed by atoms with E-state index in [0.29, 0.717) is 11.3 Å². The second-order valence-corrected chi connectivity index (χ2v) is 10.6. The molecule has 0 unspecified atom stereocenters. The lowest BCUT2D eigenvalue weighted by Crippen LogP contribution is -2.46. The first-order valence-electron chi connectivity index (χ1n) is 14.0. The van der Waals surface area contributed by atoms with Gasteiger partial charge >= 0.3 is 6.18 Å². The minimum absolute atomic E-state index is 0.0227. The van der Waals surface area contributed by atoms with Gasteiger partial charge in [0.1, 0.15) is 5.82 Å². The number of halogens is 3. The molecule has 1 amide bonds. The van der Waals surface area contributed by atoms with Crippen LogP contribution in [0.3, 0.4) is 0 Å². The van der Waals surface area contributed by atoms with E-state index in [4.69, 9.17) is 4.98 Å². The SMILES string of the molecule is O=C(Cc1ccc(C(F)(F)F)cc1)Nc1ccc(-c2ccc3ncc(N4CCN(Cc5cccnc5)CC4)nc3c2)cc1. The van der Waals surface area contributed by atoms with E-state index in [-0.39, 0.29) is 12.3 Å². The molecule has 10 heteroatoms. The van der Waals surface area contributed by atoms with E-state index in [1.165, 1.54) is 17.7 Å². The van der Waals surface area contributed by atoms with Gasteiger partial charge in [0, 0.05) is 50.8 Å². The molecule has 2 aromatic heterocycles. The van der Waals surface area contributed by atoms with Crippen molar-refractivity contribution in [3.63, 3.8) is 0 Å². The molecule has 1 aliphatic heterocycles.